The lowest BCUT2D eigenvalue weighted by Crippen LogP contribution is -2.48. The molecular weight excluding hydrogens is 430 g/mol. The summed E-state index contributed by atoms with van der Waals surface area (Å²) in [6, 6.07) is 5.31. The van der Waals surface area contributed by atoms with Crippen LogP contribution in [0.4, 0.5) is 4.79 Å². The monoisotopic (exact) mass is 463 g/mol. The molecule has 3 heterocycles. The van der Waals surface area contributed by atoms with Gasteiger partial charge in [0, 0.05) is 45.8 Å². The Morgan fingerprint density at radius 3 is 2.41 bits per heavy atom. The molecule has 9 nitrogen and oxygen atoms in total. The van der Waals surface area contributed by atoms with E-state index in [1.165, 1.54) is 0 Å². The Hall–Kier alpha value is -2.17. The average molecular weight is 464 g/mol. The largest absolute Gasteiger partial charge is 0.450 e. The maximum atomic E-state index is 13.1. The van der Waals surface area contributed by atoms with Gasteiger partial charge in [0.2, 0.25) is 10.0 Å². The highest BCUT2D eigenvalue weighted by atomic mass is 32.2. The van der Waals surface area contributed by atoms with E-state index in [4.69, 9.17) is 9.72 Å². The van der Waals surface area contributed by atoms with Crippen molar-refractivity contribution in [1.82, 2.24) is 23.7 Å². The van der Waals surface area contributed by atoms with Crippen LogP contribution >= 0.6 is 0 Å². The predicted octanol–water partition coefficient (Wildman–Crippen LogP) is 2.50. The van der Waals surface area contributed by atoms with Gasteiger partial charge in [-0.05, 0) is 44.9 Å². The Labute approximate surface area is 190 Å². The van der Waals surface area contributed by atoms with Crippen LogP contribution in [0.3, 0.4) is 0 Å². The van der Waals surface area contributed by atoms with Crippen molar-refractivity contribution in [1.29, 1.82) is 0 Å². The normalized spacial score (nSPS) is 18.9. The Morgan fingerprint density at radius 1 is 1.03 bits per heavy atom. The fraction of sp³-hybridized carbons (Fsp3) is 0.636. The van der Waals surface area contributed by atoms with E-state index in [1.807, 2.05) is 13.0 Å². The molecular formula is C22H33N5O4S. The van der Waals surface area contributed by atoms with Gasteiger partial charge >= 0.3 is 6.09 Å². The summed E-state index contributed by atoms with van der Waals surface area (Å²) in [6.45, 7) is 9.62. The molecule has 0 unspecified atom stereocenters. The summed E-state index contributed by atoms with van der Waals surface area (Å²) in [5.41, 5.74) is 1.66. The van der Waals surface area contributed by atoms with Crippen molar-refractivity contribution in [2.45, 2.75) is 51.1 Å². The zero-order valence-corrected chi connectivity index (χ0v) is 19.8. The van der Waals surface area contributed by atoms with E-state index in [-0.39, 0.29) is 6.09 Å². The van der Waals surface area contributed by atoms with Crippen LogP contribution < -0.4 is 0 Å². The molecule has 2 saturated heterocycles. The number of fused-ring (bicyclic) bond motifs is 1. The van der Waals surface area contributed by atoms with Crippen LogP contribution in [0, 0.1) is 0 Å². The van der Waals surface area contributed by atoms with Gasteiger partial charge in [0.1, 0.15) is 5.82 Å². The second-order valence-electron chi connectivity index (χ2n) is 8.35. The van der Waals surface area contributed by atoms with Gasteiger partial charge in [-0.3, -0.25) is 4.90 Å². The number of aryl methyl sites for hydroxylation is 1. The molecule has 0 radical (unpaired) electrons. The van der Waals surface area contributed by atoms with Crippen LogP contribution in [-0.2, 0) is 27.8 Å². The molecule has 2 aliphatic heterocycles. The van der Waals surface area contributed by atoms with E-state index in [0.29, 0.717) is 49.7 Å². The molecule has 1 amide bonds. The third-order valence-corrected chi connectivity index (χ3v) is 8.23. The second kappa shape index (κ2) is 9.76. The number of hydrogen-bond acceptors (Lipinski definition) is 6. The summed E-state index contributed by atoms with van der Waals surface area (Å²) in [7, 11) is -3.49. The van der Waals surface area contributed by atoms with Crippen molar-refractivity contribution in [3.63, 3.8) is 0 Å². The smallest absolute Gasteiger partial charge is 0.409 e. The molecule has 1 aromatic heterocycles. The first-order chi connectivity index (χ1) is 15.4. The van der Waals surface area contributed by atoms with E-state index in [2.05, 4.69) is 16.4 Å². The predicted molar refractivity (Wildman–Crippen MR) is 122 cm³/mol. The minimum absolute atomic E-state index is 0.254. The standard InChI is InChI=1S/C22H33N5O4S/c1-3-27-20-9-8-18(32(29,30)26-10-6-5-7-11-26)16-19(20)23-21(27)17-24-12-14-25(15-13-24)22(28)31-4-2/h8-9,16H,3-7,10-15,17H2,1-2H3. The van der Waals surface area contributed by atoms with Crippen LogP contribution in [0.25, 0.3) is 11.0 Å². The first kappa shape index (κ1) is 23.0. The van der Waals surface area contributed by atoms with E-state index in [0.717, 1.165) is 50.2 Å². The molecule has 1 aromatic carbocycles. The van der Waals surface area contributed by atoms with Gasteiger partial charge in [0.05, 0.1) is 29.1 Å². The molecule has 2 aliphatic rings. The number of aromatic nitrogens is 2. The average Bonchev–Trinajstić information content (AvgIpc) is 3.16. The molecule has 2 aromatic rings. The number of imidazole rings is 1. The summed E-state index contributed by atoms with van der Waals surface area (Å²) in [6.07, 6.45) is 2.66. The molecule has 0 spiro atoms. The topological polar surface area (TPSA) is 88.0 Å². The quantitative estimate of drug-likeness (QED) is 0.654. The lowest BCUT2D eigenvalue weighted by atomic mass is 10.2. The van der Waals surface area contributed by atoms with E-state index in [1.54, 1.807) is 21.3 Å². The molecule has 0 saturated carbocycles. The molecule has 32 heavy (non-hydrogen) atoms. The first-order valence-corrected chi connectivity index (χ1v) is 13.0. The second-order valence-corrected chi connectivity index (χ2v) is 10.3. The van der Waals surface area contributed by atoms with Crippen molar-refractivity contribution < 1.29 is 17.9 Å². The number of carbonyl (C=O) groups is 1. The maximum absolute atomic E-state index is 13.1. The van der Waals surface area contributed by atoms with Crippen molar-refractivity contribution in [3.05, 3.63) is 24.0 Å². The van der Waals surface area contributed by atoms with Gasteiger partial charge in [-0.25, -0.2) is 18.2 Å². The number of sulfonamides is 1. The van der Waals surface area contributed by atoms with Crippen LogP contribution in [0.5, 0.6) is 0 Å². The van der Waals surface area contributed by atoms with Crippen molar-refractivity contribution in [2.24, 2.45) is 0 Å². The van der Waals surface area contributed by atoms with Crippen LogP contribution in [0.1, 0.15) is 38.9 Å². The Balaban J connectivity index is 1.51. The molecule has 0 bridgehead atoms. The maximum Gasteiger partial charge on any atom is 0.409 e. The van der Waals surface area contributed by atoms with Crippen molar-refractivity contribution in [3.8, 4) is 0 Å². The molecule has 4 rings (SSSR count). The fourth-order valence-electron chi connectivity index (χ4n) is 4.55. The number of hydrogen-bond donors (Lipinski definition) is 0. The van der Waals surface area contributed by atoms with E-state index < -0.39 is 10.0 Å². The number of amides is 1. The van der Waals surface area contributed by atoms with Gasteiger partial charge in [-0.1, -0.05) is 6.42 Å². The molecule has 0 atom stereocenters. The molecule has 2 fully saturated rings. The molecule has 0 N–H and O–H groups in total. The number of benzene rings is 1. The summed E-state index contributed by atoms with van der Waals surface area (Å²) < 4.78 is 35.0. The van der Waals surface area contributed by atoms with Crippen molar-refractivity contribution >= 4 is 27.1 Å². The van der Waals surface area contributed by atoms with Crippen molar-refractivity contribution in [2.75, 3.05) is 45.9 Å². The fourth-order valence-corrected chi connectivity index (χ4v) is 6.09. The van der Waals surface area contributed by atoms with Gasteiger partial charge in [0.25, 0.3) is 0 Å². The Kier molecular flexibility index (Phi) is 7.02. The van der Waals surface area contributed by atoms with Gasteiger partial charge in [-0.15, -0.1) is 0 Å². The minimum atomic E-state index is -3.49. The molecule has 0 aliphatic carbocycles. The van der Waals surface area contributed by atoms with E-state index >= 15 is 0 Å². The van der Waals surface area contributed by atoms with Gasteiger partial charge in [0.15, 0.2) is 0 Å². The van der Waals surface area contributed by atoms with Crippen LogP contribution in [-0.4, -0.2) is 84.0 Å². The van der Waals surface area contributed by atoms with E-state index in [9.17, 15) is 13.2 Å². The number of nitrogens with zero attached hydrogens (tertiary/aromatic N) is 5. The lowest BCUT2D eigenvalue weighted by Gasteiger charge is -2.33. The zero-order valence-electron chi connectivity index (χ0n) is 19.0. The molecule has 10 heteroatoms. The number of carbonyl (C=O) groups excluding carboxylic acids is 1. The number of ether oxygens (including phenoxy) is 1. The highest BCUT2D eigenvalue weighted by molar-refractivity contribution is 7.89. The summed E-state index contributed by atoms with van der Waals surface area (Å²) in [4.78, 5) is 21.1. The van der Waals surface area contributed by atoms with Crippen LogP contribution in [0.2, 0.25) is 0 Å². The first-order valence-electron chi connectivity index (χ1n) is 11.6. The summed E-state index contributed by atoms with van der Waals surface area (Å²) >= 11 is 0. The Bertz CT molecular complexity index is 1050. The third kappa shape index (κ3) is 4.62. The highest BCUT2D eigenvalue weighted by Crippen LogP contribution is 2.25. The number of rotatable bonds is 6. The minimum Gasteiger partial charge on any atom is -0.450 e. The lowest BCUT2D eigenvalue weighted by molar-refractivity contribution is 0.0769. The van der Waals surface area contributed by atoms with Crippen LogP contribution in [0.15, 0.2) is 23.1 Å². The third-order valence-electron chi connectivity index (χ3n) is 6.33. The number of piperidine rings is 1. The summed E-state index contributed by atoms with van der Waals surface area (Å²) in [5, 5.41) is 0. The summed E-state index contributed by atoms with van der Waals surface area (Å²) in [5.74, 6) is 0.916. The Morgan fingerprint density at radius 2 is 1.75 bits per heavy atom. The number of piperazine rings is 1. The van der Waals surface area contributed by atoms with Gasteiger partial charge in [-0.2, -0.15) is 4.31 Å². The zero-order chi connectivity index (χ0) is 22.7. The SMILES string of the molecule is CCOC(=O)N1CCN(Cc2nc3cc(S(=O)(=O)N4CCCCC4)ccc3n2CC)CC1. The van der Waals surface area contributed by atoms with Gasteiger partial charge < -0.3 is 14.2 Å². The highest BCUT2D eigenvalue weighted by Gasteiger charge is 2.27. The molecule has 176 valence electrons.